The number of carbonyl (C=O) groups is 1. The number of aliphatic carboxylic acids is 1. The highest BCUT2D eigenvalue weighted by Crippen LogP contribution is 2.20. The Morgan fingerprint density at radius 1 is 1.44 bits per heavy atom. The summed E-state index contributed by atoms with van der Waals surface area (Å²) >= 11 is 0. The van der Waals surface area contributed by atoms with Gasteiger partial charge in [-0.1, -0.05) is 0 Å². The molecule has 16 heavy (non-hydrogen) atoms. The first-order valence-electron chi connectivity index (χ1n) is 4.84. The third-order valence-electron chi connectivity index (χ3n) is 2.33. The summed E-state index contributed by atoms with van der Waals surface area (Å²) in [5, 5.41) is 9.34. The van der Waals surface area contributed by atoms with Crippen molar-refractivity contribution in [2.45, 2.75) is 13.3 Å². The maximum Gasteiger partial charge on any atom is 0.307 e. The van der Waals surface area contributed by atoms with Crippen molar-refractivity contribution in [1.82, 2.24) is 4.98 Å². The van der Waals surface area contributed by atoms with E-state index >= 15 is 0 Å². The lowest BCUT2D eigenvalue weighted by atomic mass is 10.0. The van der Waals surface area contributed by atoms with Crippen LogP contribution in [0.2, 0.25) is 0 Å². The van der Waals surface area contributed by atoms with Crippen LogP contribution in [0.3, 0.4) is 0 Å². The zero-order chi connectivity index (χ0) is 11.7. The second-order valence-corrected chi connectivity index (χ2v) is 3.65. The van der Waals surface area contributed by atoms with Gasteiger partial charge in [0.1, 0.15) is 5.82 Å². The summed E-state index contributed by atoms with van der Waals surface area (Å²) in [5.41, 5.74) is 1.95. The number of halogens is 1. The van der Waals surface area contributed by atoms with Crippen molar-refractivity contribution in [1.29, 1.82) is 0 Å². The van der Waals surface area contributed by atoms with Crippen molar-refractivity contribution in [2.75, 3.05) is 0 Å². The second-order valence-electron chi connectivity index (χ2n) is 3.65. The normalized spacial score (nSPS) is 10.6. The van der Waals surface area contributed by atoms with Crippen LogP contribution in [0.4, 0.5) is 4.39 Å². The minimum Gasteiger partial charge on any atom is -0.481 e. The SMILES string of the molecule is Cc1cc(CC(=O)O)c2cc(F)ccc2n1. The van der Waals surface area contributed by atoms with Gasteiger partial charge in [0.15, 0.2) is 0 Å². The van der Waals surface area contributed by atoms with Crippen LogP contribution >= 0.6 is 0 Å². The Balaban J connectivity index is 2.69. The Bertz CT molecular complexity index is 566. The third kappa shape index (κ3) is 2.00. The Morgan fingerprint density at radius 2 is 2.19 bits per heavy atom. The van der Waals surface area contributed by atoms with Crippen molar-refractivity contribution in [3.8, 4) is 0 Å². The lowest BCUT2D eigenvalue weighted by Gasteiger charge is -2.05. The van der Waals surface area contributed by atoms with Crippen LogP contribution < -0.4 is 0 Å². The molecule has 1 aromatic carbocycles. The lowest BCUT2D eigenvalue weighted by Crippen LogP contribution is -2.02. The molecule has 3 nitrogen and oxygen atoms in total. The van der Waals surface area contributed by atoms with E-state index in [0.29, 0.717) is 16.5 Å². The van der Waals surface area contributed by atoms with Gasteiger partial charge in [-0.05, 0) is 36.8 Å². The summed E-state index contributed by atoms with van der Waals surface area (Å²) < 4.78 is 13.1. The summed E-state index contributed by atoms with van der Waals surface area (Å²) in [6, 6.07) is 5.87. The van der Waals surface area contributed by atoms with E-state index in [-0.39, 0.29) is 12.2 Å². The molecule has 0 amide bonds. The molecular weight excluding hydrogens is 209 g/mol. The number of fused-ring (bicyclic) bond motifs is 1. The molecule has 0 spiro atoms. The predicted octanol–water partition coefficient (Wildman–Crippen LogP) is 2.31. The number of aromatic nitrogens is 1. The number of carboxylic acid groups (broad SMARTS) is 1. The van der Waals surface area contributed by atoms with Crippen LogP contribution in [-0.4, -0.2) is 16.1 Å². The van der Waals surface area contributed by atoms with Crippen LogP contribution in [-0.2, 0) is 11.2 Å². The lowest BCUT2D eigenvalue weighted by molar-refractivity contribution is -0.136. The van der Waals surface area contributed by atoms with Crippen LogP contribution in [0.25, 0.3) is 10.9 Å². The molecule has 4 heteroatoms. The number of hydrogen-bond acceptors (Lipinski definition) is 2. The molecule has 1 N–H and O–H groups in total. The van der Waals surface area contributed by atoms with E-state index in [1.807, 2.05) is 0 Å². The van der Waals surface area contributed by atoms with E-state index in [2.05, 4.69) is 4.98 Å². The highest BCUT2D eigenvalue weighted by molar-refractivity contribution is 5.86. The fraction of sp³-hybridized carbons (Fsp3) is 0.167. The van der Waals surface area contributed by atoms with Crippen molar-refractivity contribution >= 4 is 16.9 Å². The van der Waals surface area contributed by atoms with Gasteiger partial charge in [-0.25, -0.2) is 4.39 Å². The van der Waals surface area contributed by atoms with Gasteiger partial charge in [-0.15, -0.1) is 0 Å². The smallest absolute Gasteiger partial charge is 0.307 e. The molecule has 1 aromatic heterocycles. The van der Waals surface area contributed by atoms with Gasteiger partial charge in [0.05, 0.1) is 11.9 Å². The second kappa shape index (κ2) is 3.89. The first-order chi connectivity index (χ1) is 7.56. The molecule has 2 aromatic rings. The van der Waals surface area contributed by atoms with Gasteiger partial charge in [0.25, 0.3) is 0 Å². The third-order valence-corrected chi connectivity index (χ3v) is 2.33. The molecule has 0 aliphatic carbocycles. The van der Waals surface area contributed by atoms with Crippen LogP contribution in [0.5, 0.6) is 0 Å². The van der Waals surface area contributed by atoms with Gasteiger partial charge in [0, 0.05) is 11.1 Å². The molecule has 0 aliphatic rings. The zero-order valence-electron chi connectivity index (χ0n) is 8.70. The Hall–Kier alpha value is -1.97. The molecule has 0 fully saturated rings. The highest BCUT2D eigenvalue weighted by Gasteiger charge is 2.08. The Morgan fingerprint density at radius 3 is 2.88 bits per heavy atom. The molecular formula is C12H10FNO2. The average molecular weight is 219 g/mol. The summed E-state index contributed by atoms with van der Waals surface area (Å²) in [4.78, 5) is 14.9. The molecule has 0 saturated heterocycles. The topological polar surface area (TPSA) is 50.2 Å². The van der Waals surface area contributed by atoms with Crippen molar-refractivity contribution in [3.05, 3.63) is 41.3 Å². The standard InChI is InChI=1S/C12H10FNO2/c1-7-4-8(5-12(15)16)10-6-9(13)2-3-11(10)14-7/h2-4,6H,5H2,1H3,(H,15,16). The van der Waals surface area contributed by atoms with Gasteiger partial charge >= 0.3 is 5.97 Å². The summed E-state index contributed by atoms with van der Waals surface area (Å²) in [6.07, 6.45) is -0.122. The van der Waals surface area contributed by atoms with E-state index in [1.54, 1.807) is 19.1 Å². The number of pyridine rings is 1. The van der Waals surface area contributed by atoms with E-state index < -0.39 is 5.97 Å². The van der Waals surface area contributed by atoms with E-state index in [1.165, 1.54) is 12.1 Å². The molecule has 0 radical (unpaired) electrons. The molecule has 0 saturated carbocycles. The van der Waals surface area contributed by atoms with Gasteiger partial charge in [-0.3, -0.25) is 9.78 Å². The summed E-state index contributed by atoms with van der Waals surface area (Å²) in [5.74, 6) is -1.32. The molecule has 82 valence electrons. The molecule has 0 unspecified atom stereocenters. The average Bonchev–Trinajstić information content (AvgIpc) is 2.18. The van der Waals surface area contributed by atoms with E-state index in [0.717, 1.165) is 5.69 Å². The maximum absolute atomic E-state index is 13.1. The van der Waals surface area contributed by atoms with Crippen LogP contribution in [0.15, 0.2) is 24.3 Å². The fourth-order valence-electron chi connectivity index (χ4n) is 1.72. The highest BCUT2D eigenvalue weighted by atomic mass is 19.1. The van der Waals surface area contributed by atoms with E-state index in [4.69, 9.17) is 5.11 Å². The van der Waals surface area contributed by atoms with Gasteiger partial charge < -0.3 is 5.11 Å². The minimum atomic E-state index is -0.934. The number of benzene rings is 1. The fourth-order valence-corrected chi connectivity index (χ4v) is 1.72. The Labute approximate surface area is 91.5 Å². The molecule has 0 aliphatic heterocycles. The quantitative estimate of drug-likeness (QED) is 0.843. The first-order valence-corrected chi connectivity index (χ1v) is 4.84. The summed E-state index contributed by atoms with van der Waals surface area (Å²) in [6.45, 7) is 1.79. The number of aryl methyl sites for hydroxylation is 1. The molecule has 0 bridgehead atoms. The zero-order valence-corrected chi connectivity index (χ0v) is 8.70. The van der Waals surface area contributed by atoms with E-state index in [9.17, 15) is 9.18 Å². The van der Waals surface area contributed by atoms with Crippen molar-refractivity contribution < 1.29 is 14.3 Å². The summed E-state index contributed by atoms with van der Waals surface area (Å²) in [7, 11) is 0. The number of hydrogen-bond donors (Lipinski definition) is 1. The van der Waals surface area contributed by atoms with Crippen molar-refractivity contribution in [3.63, 3.8) is 0 Å². The number of nitrogens with zero attached hydrogens (tertiary/aromatic N) is 1. The molecule has 0 atom stereocenters. The monoisotopic (exact) mass is 219 g/mol. The number of carboxylic acids is 1. The first kappa shape index (κ1) is 10.5. The minimum absolute atomic E-state index is 0.122. The maximum atomic E-state index is 13.1. The Kier molecular flexibility index (Phi) is 2.56. The van der Waals surface area contributed by atoms with Gasteiger partial charge in [-0.2, -0.15) is 0 Å². The number of rotatable bonds is 2. The largest absolute Gasteiger partial charge is 0.481 e. The van der Waals surface area contributed by atoms with Crippen molar-refractivity contribution in [2.24, 2.45) is 0 Å². The van der Waals surface area contributed by atoms with Crippen LogP contribution in [0, 0.1) is 12.7 Å². The molecule has 1 heterocycles. The molecule has 2 rings (SSSR count). The van der Waals surface area contributed by atoms with Gasteiger partial charge in [0.2, 0.25) is 0 Å². The van der Waals surface area contributed by atoms with Crippen LogP contribution in [0.1, 0.15) is 11.3 Å². The predicted molar refractivity (Wildman–Crippen MR) is 57.8 cm³/mol.